The molecule has 10 nitrogen and oxygen atoms in total. The average Bonchev–Trinajstić information content (AvgIpc) is 2.87. The molecule has 0 aromatic heterocycles. The van der Waals surface area contributed by atoms with E-state index in [0.717, 1.165) is 18.4 Å². The highest BCUT2D eigenvalue weighted by Gasteiger charge is 2.36. The lowest BCUT2D eigenvalue weighted by Crippen LogP contribution is -2.48. The molecule has 216 valence electrons. The van der Waals surface area contributed by atoms with Crippen LogP contribution in [-0.2, 0) is 35.8 Å². The molecule has 1 aliphatic heterocycles. The highest BCUT2D eigenvalue weighted by atomic mass is 35.5. The van der Waals surface area contributed by atoms with Gasteiger partial charge in [-0.1, -0.05) is 11.6 Å². The third-order valence-electron chi connectivity index (χ3n) is 5.70. The molecule has 1 atom stereocenters. The van der Waals surface area contributed by atoms with Crippen molar-refractivity contribution < 1.29 is 44.3 Å². The van der Waals surface area contributed by atoms with Crippen molar-refractivity contribution in [3.05, 3.63) is 53.1 Å². The van der Waals surface area contributed by atoms with E-state index in [-0.39, 0.29) is 36.8 Å². The van der Waals surface area contributed by atoms with Crippen molar-refractivity contribution in [2.24, 2.45) is 0 Å². The molecule has 0 bridgehead atoms. The van der Waals surface area contributed by atoms with Crippen LogP contribution in [0.3, 0.4) is 0 Å². The van der Waals surface area contributed by atoms with E-state index >= 15 is 0 Å². The first kappa shape index (κ1) is 30.9. The third kappa shape index (κ3) is 7.75. The number of ether oxygens (including phenoxy) is 2. The Balaban J connectivity index is 1.60. The molecule has 1 saturated heterocycles. The molecule has 1 fully saturated rings. The quantitative estimate of drug-likeness (QED) is 0.409. The summed E-state index contributed by atoms with van der Waals surface area (Å²) in [5.41, 5.74) is -1.61. The second-order valence-electron chi connectivity index (χ2n) is 8.52. The zero-order chi connectivity index (χ0) is 29.0. The first-order valence-electron chi connectivity index (χ1n) is 11.6. The smallest absolute Gasteiger partial charge is 0.417 e. The van der Waals surface area contributed by atoms with Crippen molar-refractivity contribution in [3.8, 4) is 5.75 Å². The lowest BCUT2D eigenvalue weighted by molar-refractivity contribution is -0.137. The Kier molecular flexibility index (Phi) is 9.75. The summed E-state index contributed by atoms with van der Waals surface area (Å²) in [7, 11) is -7.83. The fraction of sp³-hybridized carbons (Fsp3) is 0.435. The third-order valence-corrected chi connectivity index (χ3v) is 9.18. The van der Waals surface area contributed by atoms with Crippen LogP contribution in [0.4, 0.5) is 18.9 Å². The van der Waals surface area contributed by atoms with Crippen LogP contribution < -0.4 is 14.4 Å². The van der Waals surface area contributed by atoms with E-state index in [0.29, 0.717) is 29.3 Å². The molecule has 1 N–H and O–H groups in total. The van der Waals surface area contributed by atoms with Gasteiger partial charge < -0.3 is 14.8 Å². The van der Waals surface area contributed by atoms with Gasteiger partial charge in [-0.15, -0.1) is 0 Å². The van der Waals surface area contributed by atoms with Gasteiger partial charge in [0, 0.05) is 13.1 Å². The van der Waals surface area contributed by atoms with Gasteiger partial charge in [-0.25, -0.2) is 16.8 Å². The number of benzene rings is 2. The van der Waals surface area contributed by atoms with Gasteiger partial charge in [0.25, 0.3) is 0 Å². The second kappa shape index (κ2) is 12.3. The molecule has 39 heavy (non-hydrogen) atoms. The summed E-state index contributed by atoms with van der Waals surface area (Å²) in [5.74, 6) is -0.448. The Morgan fingerprint density at radius 3 is 2.31 bits per heavy atom. The number of hydrogen-bond acceptors (Lipinski definition) is 7. The summed E-state index contributed by atoms with van der Waals surface area (Å²) in [6.45, 7) is 2.28. The van der Waals surface area contributed by atoms with E-state index in [1.54, 1.807) is 0 Å². The number of carbonyl (C=O) groups excluding carboxylic acids is 1. The number of halogens is 4. The molecule has 0 unspecified atom stereocenters. The number of hydrogen-bond donors (Lipinski definition) is 1. The predicted molar refractivity (Wildman–Crippen MR) is 138 cm³/mol. The number of anilines is 1. The zero-order valence-electron chi connectivity index (χ0n) is 20.9. The fourth-order valence-electron chi connectivity index (χ4n) is 3.81. The largest absolute Gasteiger partial charge is 0.492 e. The molecular weight excluding hydrogens is 587 g/mol. The van der Waals surface area contributed by atoms with Crippen LogP contribution in [0.1, 0.15) is 12.5 Å². The molecule has 0 radical (unpaired) electrons. The SMILES string of the molecule is C[C@H](C(=O)NCCOc1ccc(S(=O)(=O)N2CCOCC2)cc1)N(c1ccc(Cl)c(C(F)(F)F)c1)S(C)(=O)=O. The number of amides is 1. The number of sulfonamides is 2. The first-order chi connectivity index (χ1) is 18.1. The lowest BCUT2D eigenvalue weighted by Gasteiger charge is -2.29. The van der Waals surface area contributed by atoms with Gasteiger partial charge >= 0.3 is 6.18 Å². The van der Waals surface area contributed by atoms with Crippen LogP contribution in [0.25, 0.3) is 0 Å². The normalized spacial score (nSPS) is 15.9. The Hall–Kier alpha value is -2.59. The molecular formula is C23H27ClF3N3O7S2. The maximum Gasteiger partial charge on any atom is 0.417 e. The predicted octanol–water partition coefficient (Wildman–Crippen LogP) is 2.73. The Labute approximate surface area is 229 Å². The maximum atomic E-state index is 13.3. The van der Waals surface area contributed by atoms with Crippen LogP contribution in [0.5, 0.6) is 5.75 Å². The fourth-order valence-corrected chi connectivity index (χ4v) is 6.61. The molecule has 2 aromatic rings. The van der Waals surface area contributed by atoms with Gasteiger partial charge in [0.05, 0.1) is 47.2 Å². The summed E-state index contributed by atoms with van der Waals surface area (Å²) in [6, 6.07) is 6.87. The highest BCUT2D eigenvalue weighted by molar-refractivity contribution is 7.92. The minimum absolute atomic E-state index is 0.0495. The maximum absolute atomic E-state index is 13.3. The number of alkyl halides is 3. The summed E-state index contributed by atoms with van der Waals surface area (Å²) in [5, 5.41) is 1.87. The van der Waals surface area contributed by atoms with Crippen molar-refractivity contribution in [3.63, 3.8) is 0 Å². The van der Waals surface area contributed by atoms with Gasteiger partial charge in [0.2, 0.25) is 26.0 Å². The first-order valence-corrected chi connectivity index (χ1v) is 15.2. The number of nitrogens with one attached hydrogen (secondary N) is 1. The number of carbonyl (C=O) groups is 1. The van der Waals surface area contributed by atoms with Crippen molar-refractivity contribution in [1.29, 1.82) is 0 Å². The van der Waals surface area contributed by atoms with E-state index in [1.807, 2.05) is 0 Å². The Morgan fingerprint density at radius 1 is 1.13 bits per heavy atom. The molecule has 1 heterocycles. The Bertz CT molecular complexity index is 1380. The van der Waals surface area contributed by atoms with Gasteiger partial charge in [-0.2, -0.15) is 17.5 Å². The van der Waals surface area contributed by atoms with E-state index in [1.165, 1.54) is 35.5 Å². The van der Waals surface area contributed by atoms with Crippen LogP contribution in [0, 0.1) is 0 Å². The molecule has 1 aliphatic rings. The van der Waals surface area contributed by atoms with E-state index < -0.39 is 48.8 Å². The summed E-state index contributed by atoms with van der Waals surface area (Å²) in [6.07, 6.45) is -4.06. The van der Waals surface area contributed by atoms with E-state index in [2.05, 4.69) is 5.32 Å². The minimum atomic E-state index is -4.83. The topological polar surface area (TPSA) is 122 Å². The van der Waals surface area contributed by atoms with Crippen molar-refractivity contribution in [2.45, 2.75) is 24.0 Å². The van der Waals surface area contributed by atoms with Gasteiger partial charge in [0.1, 0.15) is 18.4 Å². The molecule has 0 saturated carbocycles. The summed E-state index contributed by atoms with van der Waals surface area (Å²) < 4.78 is 103. The molecule has 2 aromatic carbocycles. The van der Waals surface area contributed by atoms with Gasteiger partial charge in [-0.05, 0) is 49.4 Å². The standard InChI is InChI=1S/C23H27ClF3N3O7S2/c1-16(30(38(2,32)33)17-3-8-21(24)20(15-17)23(25,26)27)22(31)28-9-12-37-18-4-6-19(7-5-18)39(34,35)29-10-13-36-14-11-29/h3-8,15-16H,9-14H2,1-2H3,(H,28,31)/t16-/m1/s1. The summed E-state index contributed by atoms with van der Waals surface area (Å²) >= 11 is 5.63. The Morgan fingerprint density at radius 2 is 1.74 bits per heavy atom. The zero-order valence-corrected chi connectivity index (χ0v) is 23.3. The molecule has 1 amide bonds. The van der Waals surface area contributed by atoms with E-state index in [4.69, 9.17) is 21.1 Å². The van der Waals surface area contributed by atoms with E-state index in [9.17, 15) is 34.8 Å². The molecule has 3 rings (SSSR count). The second-order valence-corrected chi connectivity index (χ2v) is 12.7. The lowest BCUT2D eigenvalue weighted by atomic mass is 10.1. The average molecular weight is 614 g/mol. The molecule has 16 heteroatoms. The van der Waals surface area contributed by atoms with Crippen molar-refractivity contribution in [1.82, 2.24) is 9.62 Å². The van der Waals surface area contributed by atoms with Crippen LogP contribution in [0.2, 0.25) is 5.02 Å². The molecule has 0 spiro atoms. The monoisotopic (exact) mass is 613 g/mol. The summed E-state index contributed by atoms with van der Waals surface area (Å²) in [4.78, 5) is 12.8. The number of morpholine rings is 1. The number of rotatable bonds is 10. The van der Waals surface area contributed by atoms with Crippen LogP contribution in [0.15, 0.2) is 47.4 Å². The van der Waals surface area contributed by atoms with Crippen molar-refractivity contribution >= 4 is 43.2 Å². The van der Waals surface area contributed by atoms with Crippen molar-refractivity contribution in [2.75, 3.05) is 50.0 Å². The van der Waals surface area contributed by atoms with Gasteiger partial charge in [-0.3, -0.25) is 9.10 Å². The van der Waals surface area contributed by atoms with Crippen LogP contribution >= 0.6 is 11.6 Å². The molecule has 0 aliphatic carbocycles. The number of nitrogens with zero attached hydrogens (tertiary/aromatic N) is 2. The highest BCUT2D eigenvalue weighted by Crippen LogP contribution is 2.37. The minimum Gasteiger partial charge on any atom is -0.492 e. The van der Waals surface area contributed by atoms with Gasteiger partial charge in [0.15, 0.2) is 0 Å². The van der Waals surface area contributed by atoms with Crippen LogP contribution in [-0.4, -0.2) is 78.8 Å².